The van der Waals surface area contributed by atoms with Gasteiger partial charge in [0, 0.05) is 18.8 Å². The van der Waals surface area contributed by atoms with Gasteiger partial charge in [-0.1, -0.05) is 12.1 Å². The van der Waals surface area contributed by atoms with Gasteiger partial charge in [-0.15, -0.1) is 0 Å². The maximum absolute atomic E-state index is 12.8. The number of benzene rings is 1. The van der Waals surface area contributed by atoms with E-state index < -0.39 is 23.2 Å². The number of hydrazine groups is 1. The van der Waals surface area contributed by atoms with Gasteiger partial charge >= 0.3 is 6.18 Å². The summed E-state index contributed by atoms with van der Waals surface area (Å²) in [6.07, 6.45) is -3.20. The standard InChI is InChI=1S/C17H17F3N4O2S/c1-2-21-16(27)23-22-15(26)12-6-7-14(25)24(10-12)9-11-4-3-5-13(8-11)17(18,19)20/h3-8,10H,2,9H2,1H3,(H,22,26)(H2,21,23,27). The van der Waals surface area contributed by atoms with Crippen molar-refractivity contribution in [2.45, 2.75) is 19.6 Å². The predicted octanol–water partition coefficient (Wildman–Crippen LogP) is 2.04. The molecule has 144 valence electrons. The first-order valence-electron chi connectivity index (χ1n) is 7.91. The van der Waals surface area contributed by atoms with Crippen molar-refractivity contribution in [3.8, 4) is 0 Å². The zero-order valence-corrected chi connectivity index (χ0v) is 15.1. The number of carbonyl (C=O) groups is 1. The van der Waals surface area contributed by atoms with Gasteiger partial charge in [-0.2, -0.15) is 13.2 Å². The molecule has 1 aromatic heterocycles. The highest BCUT2D eigenvalue weighted by atomic mass is 32.1. The average molecular weight is 398 g/mol. The first-order valence-corrected chi connectivity index (χ1v) is 8.32. The zero-order chi connectivity index (χ0) is 20.0. The number of hydrogen-bond acceptors (Lipinski definition) is 3. The molecule has 1 aromatic carbocycles. The second kappa shape index (κ2) is 8.67. The highest BCUT2D eigenvalue weighted by molar-refractivity contribution is 7.80. The van der Waals surface area contributed by atoms with Crippen LogP contribution in [-0.2, 0) is 12.7 Å². The SMILES string of the molecule is CCNC(=S)NNC(=O)c1ccc(=O)n(Cc2cccc(C(F)(F)F)c2)c1. The molecule has 0 radical (unpaired) electrons. The van der Waals surface area contributed by atoms with E-state index in [1.807, 2.05) is 6.92 Å². The second-order valence-electron chi connectivity index (χ2n) is 5.52. The highest BCUT2D eigenvalue weighted by Crippen LogP contribution is 2.29. The first kappa shape index (κ1) is 20.4. The molecular weight excluding hydrogens is 381 g/mol. The number of carbonyl (C=O) groups excluding carboxylic acids is 1. The average Bonchev–Trinajstić information content (AvgIpc) is 2.61. The lowest BCUT2D eigenvalue weighted by atomic mass is 10.1. The summed E-state index contributed by atoms with van der Waals surface area (Å²) in [6, 6.07) is 7.16. The first-order chi connectivity index (χ1) is 12.7. The molecule has 0 spiro atoms. The molecule has 0 unspecified atom stereocenters. The number of halogens is 3. The summed E-state index contributed by atoms with van der Waals surface area (Å²) in [5, 5.41) is 3.01. The Morgan fingerprint density at radius 1 is 1.19 bits per heavy atom. The topological polar surface area (TPSA) is 75.2 Å². The van der Waals surface area contributed by atoms with Crippen LogP contribution in [0.2, 0.25) is 0 Å². The Kier molecular flexibility index (Phi) is 6.56. The van der Waals surface area contributed by atoms with Crippen LogP contribution in [0.15, 0.2) is 47.4 Å². The molecule has 2 aromatic rings. The summed E-state index contributed by atoms with van der Waals surface area (Å²) in [7, 11) is 0. The molecule has 2 rings (SSSR count). The third-order valence-corrected chi connectivity index (χ3v) is 3.73. The molecule has 0 saturated heterocycles. The second-order valence-corrected chi connectivity index (χ2v) is 5.93. The number of rotatable bonds is 4. The summed E-state index contributed by atoms with van der Waals surface area (Å²) in [6.45, 7) is 2.30. The van der Waals surface area contributed by atoms with Gasteiger partial charge in [0.05, 0.1) is 17.7 Å². The smallest absolute Gasteiger partial charge is 0.362 e. The van der Waals surface area contributed by atoms with Crippen LogP contribution in [0.3, 0.4) is 0 Å². The third-order valence-electron chi connectivity index (χ3n) is 3.48. The van der Waals surface area contributed by atoms with Gasteiger partial charge in [-0.3, -0.25) is 20.4 Å². The van der Waals surface area contributed by atoms with Crippen LogP contribution in [-0.4, -0.2) is 22.1 Å². The van der Waals surface area contributed by atoms with E-state index in [1.54, 1.807) is 0 Å². The minimum Gasteiger partial charge on any atom is -0.362 e. The van der Waals surface area contributed by atoms with Gasteiger partial charge in [-0.05, 0) is 42.9 Å². The van der Waals surface area contributed by atoms with Crippen LogP contribution in [0.5, 0.6) is 0 Å². The van der Waals surface area contributed by atoms with Crippen LogP contribution in [0.25, 0.3) is 0 Å². The van der Waals surface area contributed by atoms with Gasteiger partial charge in [-0.25, -0.2) is 0 Å². The molecule has 1 heterocycles. The third kappa shape index (κ3) is 5.81. The molecule has 0 fully saturated rings. The van der Waals surface area contributed by atoms with E-state index in [-0.39, 0.29) is 22.8 Å². The monoisotopic (exact) mass is 398 g/mol. The minimum absolute atomic E-state index is 0.104. The number of thiocarbonyl (C=S) groups is 1. The van der Waals surface area contributed by atoms with Crippen LogP contribution < -0.4 is 21.7 Å². The Labute approximate surface area is 158 Å². The summed E-state index contributed by atoms with van der Waals surface area (Å²) in [5.41, 5.74) is 4.05. The van der Waals surface area contributed by atoms with Crippen LogP contribution >= 0.6 is 12.2 Å². The largest absolute Gasteiger partial charge is 0.416 e. The summed E-state index contributed by atoms with van der Waals surface area (Å²) >= 11 is 4.91. The Hall–Kier alpha value is -2.88. The lowest BCUT2D eigenvalue weighted by molar-refractivity contribution is -0.137. The van der Waals surface area contributed by atoms with Gasteiger partial charge in [0.1, 0.15) is 0 Å². The van der Waals surface area contributed by atoms with Crippen molar-refractivity contribution in [3.63, 3.8) is 0 Å². The molecule has 0 aliphatic carbocycles. The molecule has 27 heavy (non-hydrogen) atoms. The Morgan fingerprint density at radius 3 is 2.59 bits per heavy atom. The fraction of sp³-hybridized carbons (Fsp3) is 0.235. The van der Waals surface area contributed by atoms with E-state index in [2.05, 4.69) is 16.2 Å². The van der Waals surface area contributed by atoms with Crippen molar-refractivity contribution >= 4 is 23.2 Å². The summed E-state index contributed by atoms with van der Waals surface area (Å²) < 4.78 is 39.6. The fourth-order valence-electron chi connectivity index (χ4n) is 2.22. The van der Waals surface area contributed by atoms with Crippen molar-refractivity contribution in [2.75, 3.05) is 6.54 Å². The van der Waals surface area contributed by atoms with Crippen LogP contribution in [0.1, 0.15) is 28.4 Å². The number of hydrogen-bond donors (Lipinski definition) is 3. The molecular formula is C17H17F3N4O2S. The quantitative estimate of drug-likeness (QED) is 0.543. The Morgan fingerprint density at radius 2 is 1.93 bits per heavy atom. The lowest BCUT2D eigenvalue weighted by Gasteiger charge is -2.12. The molecule has 3 N–H and O–H groups in total. The molecule has 0 aliphatic heterocycles. The maximum atomic E-state index is 12.8. The van der Waals surface area contributed by atoms with E-state index in [1.165, 1.54) is 30.5 Å². The van der Waals surface area contributed by atoms with Gasteiger partial charge in [0.15, 0.2) is 5.11 Å². The minimum atomic E-state index is -4.47. The lowest BCUT2D eigenvalue weighted by Crippen LogP contribution is -2.46. The molecule has 1 amide bonds. The number of pyridine rings is 1. The number of amides is 1. The normalized spacial score (nSPS) is 11.0. The van der Waals surface area contributed by atoms with E-state index >= 15 is 0 Å². The Balaban J connectivity index is 2.17. The number of alkyl halides is 3. The van der Waals surface area contributed by atoms with E-state index in [9.17, 15) is 22.8 Å². The fourth-order valence-corrected chi connectivity index (χ4v) is 2.42. The molecule has 0 atom stereocenters. The van der Waals surface area contributed by atoms with Gasteiger partial charge < -0.3 is 9.88 Å². The molecule has 10 heteroatoms. The van der Waals surface area contributed by atoms with Crippen molar-refractivity contribution in [1.82, 2.24) is 20.7 Å². The Bertz CT molecular complexity index is 896. The maximum Gasteiger partial charge on any atom is 0.416 e. The summed E-state index contributed by atoms with van der Waals surface area (Å²) in [5.74, 6) is -0.548. The van der Waals surface area contributed by atoms with Crippen molar-refractivity contribution < 1.29 is 18.0 Å². The molecule has 0 aliphatic rings. The van der Waals surface area contributed by atoms with Gasteiger partial charge in [0.2, 0.25) is 0 Å². The van der Waals surface area contributed by atoms with Crippen molar-refractivity contribution in [1.29, 1.82) is 0 Å². The number of nitrogens with one attached hydrogen (secondary N) is 3. The molecule has 6 nitrogen and oxygen atoms in total. The number of aromatic nitrogens is 1. The van der Waals surface area contributed by atoms with E-state index in [0.29, 0.717) is 6.54 Å². The highest BCUT2D eigenvalue weighted by Gasteiger charge is 2.30. The van der Waals surface area contributed by atoms with E-state index in [4.69, 9.17) is 12.2 Å². The number of nitrogens with zero attached hydrogens (tertiary/aromatic N) is 1. The molecule has 0 bridgehead atoms. The van der Waals surface area contributed by atoms with E-state index in [0.717, 1.165) is 16.7 Å². The van der Waals surface area contributed by atoms with Crippen molar-refractivity contribution in [3.05, 3.63) is 69.6 Å². The summed E-state index contributed by atoms with van der Waals surface area (Å²) in [4.78, 5) is 24.1. The van der Waals surface area contributed by atoms with Gasteiger partial charge in [0.25, 0.3) is 11.5 Å². The van der Waals surface area contributed by atoms with Crippen molar-refractivity contribution in [2.24, 2.45) is 0 Å². The van der Waals surface area contributed by atoms with Crippen LogP contribution in [0, 0.1) is 0 Å². The molecule has 0 saturated carbocycles. The predicted molar refractivity (Wildman–Crippen MR) is 98.1 cm³/mol. The zero-order valence-electron chi connectivity index (χ0n) is 14.3. The van der Waals surface area contributed by atoms with Crippen LogP contribution in [0.4, 0.5) is 13.2 Å².